The second kappa shape index (κ2) is 4.77. The molecule has 0 saturated carbocycles. The molecule has 2 aromatic heterocycles. The largest absolute Gasteiger partial charge is 0.383 e. The van der Waals surface area contributed by atoms with Gasteiger partial charge in [0.2, 0.25) is 0 Å². The van der Waals surface area contributed by atoms with Gasteiger partial charge in [0.1, 0.15) is 11.6 Å². The Bertz CT molecular complexity index is 586. The highest BCUT2D eigenvalue weighted by Gasteiger charge is 2.22. The van der Waals surface area contributed by atoms with Gasteiger partial charge in [0.05, 0.1) is 18.1 Å². The molecule has 0 aliphatic heterocycles. The van der Waals surface area contributed by atoms with Crippen LogP contribution in [-0.4, -0.2) is 37.2 Å². The normalized spacial score (nSPS) is 12.5. The van der Waals surface area contributed by atoms with Crippen LogP contribution in [0.2, 0.25) is 0 Å². The minimum absolute atomic E-state index is 0.111. The maximum atomic E-state index is 5.96. The SMILES string of the molecule is CCC(C)(C)N(C)Cc1nc(N)c2cnn(C)c2n1. The summed E-state index contributed by atoms with van der Waals surface area (Å²) in [7, 11) is 3.94. The highest BCUT2D eigenvalue weighted by Crippen LogP contribution is 2.20. The van der Waals surface area contributed by atoms with E-state index in [4.69, 9.17) is 5.73 Å². The zero-order chi connectivity index (χ0) is 14.2. The van der Waals surface area contributed by atoms with Crippen molar-refractivity contribution in [1.82, 2.24) is 24.6 Å². The van der Waals surface area contributed by atoms with Gasteiger partial charge in [-0.15, -0.1) is 0 Å². The first-order valence-corrected chi connectivity index (χ1v) is 6.50. The molecule has 0 radical (unpaired) electrons. The third kappa shape index (κ3) is 2.53. The molecular formula is C13H22N6. The maximum Gasteiger partial charge on any atom is 0.163 e. The molecule has 0 spiro atoms. The van der Waals surface area contributed by atoms with Crippen molar-refractivity contribution < 1.29 is 0 Å². The van der Waals surface area contributed by atoms with Crippen LogP contribution in [0.4, 0.5) is 5.82 Å². The Morgan fingerprint density at radius 3 is 2.68 bits per heavy atom. The number of hydrogen-bond acceptors (Lipinski definition) is 5. The molecule has 0 aliphatic rings. The molecule has 2 N–H and O–H groups in total. The molecule has 0 fully saturated rings. The number of nitrogens with zero attached hydrogens (tertiary/aromatic N) is 5. The maximum absolute atomic E-state index is 5.96. The van der Waals surface area contributed by atoms with Gasteiger partial charge in [-0.2, -0.15) is 5.10 Å². The van der Waals surface area contributed by atoms with E-state index in [1.54, 1.807) is 10.9 Å². The van der Waals surface area contributed by atoms with Gasteiger partial charge in [-0.05, 0) is 27.3 Å². The fourth-order valence-electron chi connectivity index (χ4n) is 1.86. The lowest BCUT2D eigenvalue weighted by Crippen LogP contribution is -2.40. The molecule has 2 aromatic rings. The van der Waals surface area contributed by atoms with Crippen LogP contribution in [0, 0.1) is 0 Å². The minimum atomic E-state index is 0.111. The van der Waals surface area contributed by atoms with Crippen molar-refractivity contribution in [2.75, 3.05) is 12.8 Å². The topological polar surface area (TPSA) is 72.9 Å². The van der Waals surface area contributed by atoms with Gasteiger partial charge in [0.25, 0.3) is 0 Å². The van der Waals surface area contributed by atoms with E-state index >= 15 is 0 Å². The fourth-order valence-corrected chi connectivity index (χ4v) is 1.86. The molecule has 2 rings (SSSR count). The molecule has 0 saturated heterocycles. The number of aryl methyl sites for hydroxylation is 1. The molecule has 0 aliphatic carbocycles. The molecule has 0 aromatic carbocycles. The monoisotopic (exact) mass is 262 g/mol. The lowest BCUT2D eigenvalue weighted by atomic mass is 10.0. The van der Waals surface area contributed by atoms with E-state index in [9.17, 15) is 0 Å². The summed E-state index contributed by atoms with van der Waals surface area (Å²) in [5, 5.41) is 4.97. The Labute approximate surface area is 113 Å². The van der Waals surface area contributed by atoms with E-state index in [0.717, 1.165) is 23.3 Å². The van der Waals surface area contributed by atoms with E-state index in [-0.39, 0.29) is 5.54 Å². The van der Waals surface area contributed by atoms with Crippen LogP contribution < -0.4 is 5.73 Å². The minimum Gasteiger partial charge on any atom is -0.383 e. The highest BCUT2D eigenvalue weighted by atomic mass is 15.3. The number of hydrogen-bond donors (Lipinski definition) is 1. The van der Waals surface area contributed by atoms with E-state index in [0.29, 0.717) is 12.4 Å². The molecular weight excluding hydrogens is 240 g/mol. The molecule has 0 bridgehead atoms. The first kappa shape index (κ1) is 13.7. The van der Waals surface area contributed by atoms with Crippen LogP contribution in [0.3, 0.4) is 0 Å². The zero-order valence-electron chi connectivity index (χ0n) is 12.3. The van der Waals surface area contributed by atoms with Gasteiger partial charge in [0, 0.05) is 12.6 Å². The Morgan fingerprint density at radius 2 is 2.05 bits per heavy atom. The molecule has 6 heteroatoms. The molecule has 0 unspecified atom stereocenters. The molecule has 6 nitrogen and oxygen atoms in total. The predicted octanol–water partition coefficient (Wildman–Crippen LogP) is 1.57. The van der Waals surface area contributed by atoms with Gasteiger partial charge in [-0.25, -0.2) is 9.97 Å². The quantitative estimate of drug-likeness (QED) is 0.905. The standard InChI is InChI=1S/C13H22N6/c1-6-13(2,3)18(4)8-10-16-11(14)9-7-15-19(5)12(9)17-10/h7H,6,8H2,1-5H3,(H2,14,16,17). The van der Waals surface area contributed by atoms with Crippen molar-refractivity contribution in [2.45, 2.75) is 39.3 Å². The third-order valence-corrected chi connectivity index (χ3v) is 3.95. The summed E-state index contributed by atoms with van der Waals surface area (Å²) >= 11 is 0. The lowest BCUT2D eigenvalue weighted by Gasteiger charge is -2.34. The fraction of sp³-hybridized carbons (Fsp3) is 0.615. The Hall–Kier alpha value is -1.69. The van der Waals surface area contributed by atoms with Crippen LogP contribution in [0.1, 0.15) is 33.0 Å². The molecule has 0 amide bonds. The molecule has 0 atom stereocenters. The van der Waals surface area contributed by atoms with Gasteiger partial charge in [-0.1, -0.05) is 6.92 Å². The summed E-state index contributed by atoms with van der Waals surface area (Å²) in [6, 6.07) is 0. The van der Waals surface area contributed by atoms with Crippen molar-refractivity contribution in [1.29, 1.82) is 0 Å². The predicted molar refractivity (Wildman–Crippen MR) is 76.6 cm³/mol. The summed E-state index contributed by atoms with van der Waals surface area (Å²) in [4.78, 5) is 11.2. The van der Waals surface area contributed by atoms with Crippen molar-refractivity contribution in [3.8, 4) is 0 Å². The second-order valence-corrected chi connectivity index (χ2v) is 5.55. The third-order valence-electron chi connectivity index (χ3n) is 3.95. The van der Waals surface area contributed by atoms with Crippen LogP contribution >= 0.6 is 0 Å². The number of nitrogen functional groups attached to an aromatic ring is 1. The summed E-state index contributed by atoms with van der Waals surface area (Å²) in [6.07, 6.45) is 2.76. The lowest BCUT2D eigenvalue weighted by molar-refractivity contribution is 0.139. The van der Waals surface area contributed by atoms with E-state index in [2.05, 4.69) is 47.8 Å². The number of anilines is 1. The number of rotatable bonds is 4. The van der Waals surface area contributed by atoms with Crippen molar-refractivity contribution in [3.63, 3.8) is 0 Å². The summed E-state index contributed by atoms with van der Waals surface area (Å²) in [5.74, 6) is 1.23. The van der Waals surface area contributed by atoms with E-state index in [1.807, 2.05) is 7.05 Å². The van der Waals surface area contributed by atoms with Crippen molar-refractivity contribution in [2.24, 2.45) is 7.05 Å². The number of aromatic nitrogens is 4. The van der Waals surface area contributed by atoms with Crippen molar-refractivity contribution in [3.05, 3.63) is 12.0 Å². The summed E-state index contributed by atoms with van der Waals surface area (Å²) in [5.41, 5.74) is 6.86. The van der Waals surface area contributed by atoms with E-state index < -0.39 is 0 Å². The number of fused-ring (bicyclic) bond motifs is 1. The van der Waals surface area contributed by atoms with Crippen LogP contribution in [0.5, 0.6) is 0 Å². The number of nitrogens with two attached hydrogens (primary N) is 1. The van der Waals surface area contributed by atoms with Gasteiger partial charge < -0.3 is 5.73 Å². The van der Waals surface area contributed by atoms with Gasteiger partial charge in [-0.3, -0.25) is 9.58 Å². The molecule has 2 heterocycles. The Balaban J connectivity index is 2.33. The van der Waals surface area contributed by atoms with Gasteiger partial charge in [0.15, 0.2) is 5.65 Å². The van der Waals surface area contributed by atoms with Crippen LogP contribution in [0.25, 0.3) is 11.0 Å². The second-order valence-electron chi connectivity index (χ2n) is 5.55. The van der Waals surface area contributed by atoms with Crippen LogP contribution in [0.15, 0.2) is 6.20 Å². The zero-order valence-corrected chi connectivity index (χ0v) is 12.3. The highest BCUT2D eigenvalue weighted by molar-refractivity contribution is 5.84. The Morgan fingerprint density at radius 1 is 1.37 bits per heavy atom. The Kier molecular flexibility index (Phi) is 3.45. The summed E-state index contributed by atoms with van der Waals surface area (Å²) in [6.45, 7) is 7.26. The average molecular weight is 262 g/mol. The summed E-state index contributed by atoms with van der Waals surface area (Å²) < 4.78 is 1.72. The van der Waals surface area contributed by atoms with E-state index in [1.165, 1.54) is 0 Å². The van der Waals surface area contributed by atoms with Gasteiger partial charge >= 0.3 is 0 Å². The first-order valence-electron chi connectivity index (χ1n) is 6.50. The smallest absolute Gasteiger partial charge is 0.163 e. The van der Waals surface area contributed by atoms with Crippen molar-refractivity contribution >= 4 is 16.9 Å². The van der Waals surface area contributed by atoms with Crippen LogP contribution in [-0.2, 0) is 13.6 Å². The first-order chi connectivity index (χ1) is 8.85. The molecule has 19 heavy (non-hydrogen) atoms. The molecule has 104 valence electrons. The average Bonchev–Trinajstić information content (AvgIpc) is 2.72.